The van der Waals surface area contributed by atoms with Gasteiger partial charge in [0.15, 0.2) is 0 Å². The zero-order valence-electron chi connectivity index (χ0n) is 12.6. The number of hydrogen-bond acceptors (Lipinski definition) is 6. The van der Waals surface area contributed by atoms with Crippen LogP contribution >= 0.6 is 23.1 Å². The first-order valence-corrected chi connectivity index (χ1v) is 9.49. The lowest BCUT2D eigenvalue weighted by Crippen LogP contribution is -2.46. The maximum atomic E-state index is 5.98. The number of piperidine rings is 1. The molecule has 6 heteroatoms. The number of thioether (sulfide) groups is 1. The monoisotopic (exact) mass is 322 g/mol. The summed E-state index contributed by atoms with van der Waals surface area (Å²) in [5.74, 6) is 1.10. The molecular formula is C15H22N4S2. The lowest BCUT2D eigenvalue weighted by atomic mass is 9.95. The van der Waals surface area contributed by atoms with Crippen molar-refractivity contribution in [3.05, 3.63) is 17.3 Å². The summed E-state index contributed by atoms with van der Waals surface area (Å²) in [5, 5.41) is 1.21. The average molecular weight is 323 g/mol. The Kier molecular flexibility index (Phi) is 4.38. The fourth-order valence-corrected chi connectivity index (χ4v) is 4.62. The Balaban J connectivity index is 1.87. The first-order chi connectivity index (χ1) is 10.2. The first-order valence-electron chi connectivity index (χ1n) is 7.45. The van der Waals surface area contributed by atoms with E-state index in [4.69, 9.17) is 5.73 Å². The molecule has 2 N–H and O–H groups in total. The minimum Gasteiger partial charge on any atom is -0.356 e. The van der Waals surface area contributed by atoms with E-state index in [0.717, 1.165) is 49.5 Å². The number of aromatic nitrogens is 2. The number of thiophene rings is 1. The summed E-state index contributed by atoms with van der Waals surface area (Å²) in [4.78, 5) is 13.9. The summed E-state index contributed by atoms with van der Waals surface area (Å²) in [6.07, 6.45) is 7.19. The van der Waals surface area contributed by atoms with Crippen molar-refractivity contribution < 1.29 is 0 Å². The SMILES string of the molecule is CCc1cc2c(N3CCC(CN)(SC)CC3)ncnc2s1. The Morgan fingerprint density at radius 3 is 2.76 bits per heavy atom. The zero-order chi connectivity index (χ0) is 14.9. The van der Waals surface area contributed by atoms with E-state index in [1.165, 1.54) is 10.3 Å². The third kappa shape index (κ3) is 2.76. The molecule has 0 atom stereocenters. The van der Waals surface area contributed by atoms with Gasteiger partial charge in [-0.1, -0.05) is 6.92 Å². The molecule has 4 nitrogen and oxygen atoms in total. The van der Waals surface area contributed by atoms with Crippen LogP contribution in [0.5, 0.6) is 0 Å². The maximum Gasteiger partial charge on any atom is 0.140 e. The predicted octanol–water partition coefficient (Wildman–Crippen LogP) is 2.91. The Bertz CT molecular complexity index is 611. The number of nitrogens with two attached hydrogens (primary N) is 1. The number of nitrogens with zero attached hydrogens (tertiary/aromatic N) is 3. The van der Waals surface area contributed by atoms with Gasteiger partial charge in [-0.15, -0.1) is 11.3 Å². The molecule has 0 saturated carbocycles. The third-order valence-electron chi connectivity index (χ3n) is 4.49. The van der Waals surface area contributed by atoms with Crippen LogP contribution in [0.25, 0.3) is 10.2 Å². The molecule has 21 heavy (non-hydrogen) atoms. The number of hydrogen-bond donors (Lipinski definition) is 1. The van der Waals surface area contributed by atoms with Gasteiger partial charge in [-0.2, -0.15) is 11.8 Å². The summed E-state index contributed by atoms with van der Waals surface area (Å²) in [6.45, 7) is 5.01. The molecule has 0 radical (unpaired) electrons. The minimum absolute atomic E-state index is 0.256. The second-order valence-electron chi connectivity index (χ2n) is 5.56. The molecule has 3 rings (SSSR count). The normalized spacial score (nSPS) is 18.3. The van der Waals surface area contributed by atoms with Crippen LogP contribution in [0.1, 0.15) is 24.6 Å². The second-order valence-corrected chi connectivity index (χ2v) is 7.95. The van der Waals surface area contributed by atoms with Crippen molar-refractivity contribution in [2.75, 3.05) is 30.8 Å². The van der Waals surface area contributed by atoms with E-state index in [1.807, 2.05) is 11.8 Å². The van der Waals surface area contributed by atoms with E-state index in [0.29, 0.717) is 0 Å². The molecule has 2 aromatic rings. The summed E-state index contributed by atoms with van der Waals surface area (Å²) >= 11 is 3.70. The Labute approximate surface area is 134 Å². The molecule has 0 aromatic carbocycles. The van der Waals surface area contributed by atoms with E-state index < -0.39 is 0 Å². The molecule has 1 aliphatic heterocycles. The average Bonchev–Trinajstić information content (AvgIpc) is 2.98. The van der Waals surface area contributed by atoms with E-state index >= 15 is 0 Å². The van der Waals surface area contributed by atoms with Crippen LogP contribution in [0, 0.1) is 0 Å². The summed E-state index contributed by atoms with van der Waals surface area (Å²) < 4.78 is 0.256. The molecule has 2 aromatic heterocycles. The number of rotatable bonds is 4. The molecule has 1 saturated heterocycles. The van der Waals surface area contributed by atoms with Crippen LogP contribution in [0.2, 0.25) is 0 Å². The molecule has 1 fully saturated rings. The van der Waals surface area contributed by atoms with Crippen LogP contribution in [0.4, 0.5) is 5.82 Å². The fraction of sp³-hybridized carbons (Fsp3) is 0.600. The fourth-order valence-electron chi connectivity index (χ4n) is 2.94. The van der Waals surface area contributed by atoms with Gasteiger partial charge in [-0.25, -0.2) is 9.97 Å². The van der Waals surface area contributed by atoms with Crippen molar-refractivity contribution in [3.8, 4) is 0 Å². The highest BCUT2D eigenvalue weighted by atomic mass is 32.2. The highest BCUT2D eigenvalue weighted by molar-refractivity contribution is 8.00. The molecular weight excluding hydrogens is 300 g/mol. The van der Waals surface area contributed by atoms with Crippen LogP contribution in [0.15, 0.2) is 12.4 Å². The van der Waals surface area contributed by atoms with Crippen LogP contribution in [-0.2, 0) is 6.42 Å². The minimum atomic E-state index is 0.256. The smallest absolute Gasteiger partial charge is 0.140 e. The topological polar surface area (TPSA) is 55.0 Å². The van der Waals surface area contributed by atoms with Crippen LogP contribution in [0.3, 0.4) is 0 Å². The Morgan fingerprint density at radius 1 is 1.38 bits per heavy atom. The highest BCUT2D eigenvalue weighted by Gasteiger charge is 2.33. The maximum absolute atomic E-state index is 5.98. The van der Waals surface area contributed by atoms with Crippen molar-refractivity contribution in [1.29, 1.82) is 0 Å². The lowest BCUT2D eigenvalue weighted by Gasteiger charge is -2.40. The van der Waals surface area contributed by atoms with Gasteiger partial charge in [0.25, 0.3) is 0 Å². The summed E-state index contributed by atoms with van der Waals surface area (Å²) in [7, 11) is 0. The van der Waals surface area contributed by atoms with Crippen molar-refractivity contribution in [3.63, 3.8) is 0 Å². The second kappa shape index (κ2) is 6.10. The van der Waals surface area contributed by atoms with Crippen LogP contribution < -0.4 is 10.6 Å². The van der Waals surface area contributed by atoms with Crippen LogP contribution in [-0.4, -0.2) is 40.6 Å². The van der Waals surface area contributed by atoms with E-state index in [-0.39, 0.29) is 4.75 Å². The molecule has 0 spiro atoms. The predicted molar refractivity (Wildman–Crippen MR) is 93.5 cm³/mol. The Morgan fingerprint density at radius 2 is 2.14 bits per heavy atom. The van der Waals surface area contributed by atoms with Gasteiger partial charge < -0.3 is 10.6 Å². The molecule has 0 bridgehead atoms. The summed E-state index contributed by atoms with van der Waals surface area (Å²) in [5.41, 5.74) is 5.98. The van der Waals surface area contributed by atoms with Gasteiger partial charge in [0.05, 0.1) is 5.39 Å². The lowest BCUT2D eigenvalue weighted by molar-refractivity contribution is 0.456. The highest BCUT2D eigenvalue weighted by Crippen LogP contribution is 2.37. The molecule has 0 amide bonds. The molecule has 3 heterocycles. The largest absolute Gasteiger partial charge is 0.356 e. The van der Waals surface area contributed by atoms with Crippen molar-refractivity contribution in [1.82, 2.24) is 9.97 Å². The molecule has 0 aliphatic carbocycles. The van der Waals surface area contributed by atoms with Gasteiger partial charge in [-0.05, 0) is 31.6 Å². The number of fused-ring (bicyclic) bond motifs is 1. The Hall–Kier alpha value is -0.850. The van der Waals surface area contributed by atoms with Gasteiger partial charge in [0, 0.05) is 29.3 Å². The first kappa shape index (κ1) is 15.1. The van der Waals surface area contributed by atoms with Gasteiger partial charge in [-0.3, -0.25) is 0 Å². The van der Waals surface area contributed by atoms with Crippen molar-refractivity contribution in [2.45, 2.75) is 30.9 Å². The third-order valence-corrected chi connectivity index (χ3v) is 7.12. The number of anilines is 1. The quantitative estimate of drug-likeness (QED) is 0.938. The van der Waals surface area contributed by atoms with Gasteiger partial charge >= 0.3 is 0 Å². The zero-order valence-corrected chi connectivity index (χ0v) is 14.3. The van der Waals surface area contributed by atoms with Gasteiger partial charge in [0.2, 0.25) is 0 Å². The molecule has 0 unspecified atom stereocenters. The summed E-state index contributed by atoms with van der Waals surface area (Å²) in [6, 6.07) is 2.26. The molecule has 1 aliphatic rings. The van der Waals surface area contributed by atoms with E-state index in [2.05, 4.69) is 34.1 Å². The van der Waals surface area contributed by atoms with Crippen molar-refractivity contribution >= 4 is 39.1 Å². The molecule has 114 valence electrons. The van der Waals surface area contributed by atoms with Gasteiger partial charge in [0.1, 0.15) is 17.0 Å². The number of aryl methyl sites for hydroxylation is 1. The van der Waals surface area contributed by atoms with E-state index in [1.54, 1.807) is 17.7 Å². The van der Waals surface area contributed by atoms with Crippen molar-refractivity contribution in [2.24, 2.45) is 5.73 Å². The standard InChI is InChI=1S/C15H22N4S2/c1-3-11-8-12-13(17-10-18-14(12)21-11)19-6-4-15(9-16,20-2)5-7-19/h8,10H,3-7,9,16H2,1-2H3. The van der Waals surface area contributed by atoms with E-state index in [9.17, 15) is 0 Å².